The SMILES string of the molecule is CC1CCC=[N+](C(C)(C)C)C1. The summed E-state index contributed by atoms with van der Waals surface area (Å²) < 4.78 is 2.47. The lowest BCUT2D eigenvalue weighted by molar-refractivity contribution is -0.602. The van der Waals surface area contributed by atoms with Gasteiger partial charge in [-0.25, -0.2) is 4.58 Å². The van der Waals surface area contributed by atoms with Gasteiger partial charge < -0.3 is 0 Å². The van der Waals surface area contributed by atoms with Gasteiger partial charge in [0.1, 0.15) is 12.8 Å². The van der Waals surface area contributed by atoms with Crippen LogP contribution in [0.15, 0.2) is 0 Å². The highest BCUT2D eigenvalue weighted by atomic mass is 15.1. The molecule has 0 N–H and O–H groups in total. The number of hydrogen-bond donors (Lipinski definition) is 0. The summed E-state index contributed by atoms with van der Waals surface area (Å²) in [4.78, 5) is 0. The highest BCUT2D eigenvalue weighted by Crippen LogP contribution is 2.16. The van der Waals surface area contributed by atoms with Crippen LogP contribution < -0.4 is 0 Å². The molecule has 1 aliphatic rings. The van der Waals surface area contributed by atoms with Gasteiger partial charge in [-0.1, -0.05) is 6.92 Å². The second-order valence-electron chi connectivity index (χ2n) is 4.69. The van der Waals surface area contributed by atoms with E-state index in [9.17, 15) is 0 Å². The molecule has 0 saturated carbocycles. The summed E-state index contributed by atoms with van der Waals surface area (Å²) in [5.74, 6) is 0.874. The Morgan fingerprint density at radius 2 is 2.00 bits per heavy atom. The van der Waals surface area contributed by atoms with Crippen molar-refractivity contribution in [3.05, 3.63) is 0 Å². The standard InChI is InChI=1S/C10H20N/c1-9-6-5-7-11(8-9)10(2,3)4/h7,9H,5-6,8H2,1-4H3/q+1. The molecule has 0 amide bonds. The Morgan fingerprint density at radius 1 is 1.36 bits per heavy atom. The first-order valence-electron chi connectivity index (χ1n) is 4.60. The van der Waals surface area contributed by atoms with Crippen molar-refractivity contribution in [2.45, 2.75) is 46.1 Å². The quantitative estimate of drug-likeness (QED) is 0.471. The molecule has 64 valence electrons. The molecule has 0 spiro atoms. The van der Waals surface area contributed by atoms with E-state index < -0.39 is 0 Å². The van der Waals surface area contributed by atoms with Gasteiger partial charge in [0.15, 0.2) is 5.54 Å². The molecule has 0 aromatic rings. The van der Waals surface area contributed by atoms with Crippen molar-refractivity contribution in [1.29, 1.82) is 0 Å². The number of nitrogens with zero attached hydrogens (tertiary/aromatic N) is 1. The summed E-state index contributed by atoms with van der Waals surface area (Å²) in [6.45, 7) is 10.4. The van der Waals surface area contributed by atoms with Crippen LogP contribution in [-0.4, -0.2) is 22.9 Å². The summed E-state index contributed by atoms with van der Waals surface area (Å²) in [5.41, 5.74) is 0.328. The lowest BCUT2D eigenvalue weighted by atomic mass is 9.98. The molecule has 1 atom stereocenters. The van der Waals surface area contributed by atoms with E-state index in [4.69, 9.17) is 0 Å². The Balaban J connectivity index is 2.65. The van der Waals surface area contributed by atoms with Gasteiger partial charge in [0.2, 0.25) is 0 Å². The lowest BCUT2D eigenvalue weighted by Gasteiger charge is -2.23. The van der Waals surface area contributed by atoms with E-state index in [0.717, 1.165) is 5.92 Å². The summed E-state index contributed by atoms with van der Waals surface area (Å²) >= 11 is 0. The largest absolute Gasteiger partial charge is 0.235 e. The third-order valence-electron chi connectivity index (χ3n) is 2.38. The molecule has 0 fully saturated rings. The molecule has 1 heterocycles. The molecular formula is C10H20N+. The van der Waals surface area contributed by atoms with Crippen LogP contribution in [0, 0.1) is 5.92 Å². The zero-order chi connectivity index (χ0) is 8.48. The maximum atomic E-state index is 2.47. The van der Waals surface area contributed by atoms with Crippen molar-refractivity contribution in [3.63, 3.8) is 0 Å². The summed E-state index contributed by atoms with van der Waals surface area (Å²) in [5, 5.41) is 0. The van der Waals surface area contributed by atoms with Crippen LogP contribution in [-0.2, 0) is 0 Å². The molecule has 1 aliphatic heterocycles. The van der Waals surface area contributed by atoms with Gasteiger partial charge >= 0.3 is 0 Å². The van der Waals surface area contributed by atoms with Crippen LogP contribution in [0.1, 0.15) is 40.5 Å². The summed E-state index contributed by atoms with van der Waals surface area (Å²) in [7, 11) is 0. The molecule has 0 aliphatic carbocycles. The molecule has 1 heteroatoms. The highest BCUT2D eigenvalue weighted by molar-refractivity contribution is 5.51. The highest BCUT2D eigenvalue weighted by Gasteiger charge is 2.27. The van der Waals surface area contributed by atoms with Crippen molar-refractivity contribution in [3.8, 4) is 0 Å². The van der Waals surface area contributed by atoms with Crippen molar-refractivity contribution in [2.24, 2.45) is 5.92 Å². The smallest absolute Gasteiger partial charge is 0.153 e. The molecule has 0 radical (unpaired) electrons. The van der Waals surface area contributed by atoms with E-state index in [-0.39, 0.29) is 0 Å². The Labute approximate surface area is 70.1 Å². The van der Waals surface area contributed by atoms with Crippen LogP contribution >= 0.6 is 0 Å². The number of rotatable bonds is 0. The minimum atomic E-state index is 0.328. The van der Waals surface area contributed by atoms with Crippen LogP contribution in [0.2, 0.25) is 0 Å². The summed E-state index contributed by atoms with van der Waals surface area (Å²) in [6, 6.07) is 0. The fourth-order valence-electron chi connectivity index (χ4n) is 1.56. The van der Waals surface area contributed by atoms with E-state index in [1.54, 1.807) is 0 Å². The second-order valence-corrected chi connectivity index (χ2v) is 4.69. The molecule has 1 rings (SSSR count). The fourth-order valence-corrected chi connectivity index (χ4v) is 1.56. The average Bonchev–Trinajstić information content (AvgIpc) is 1.86. The fraction of sp³-hybridized carbons (Fsp3) is 0.900. The first-order chi connectivity index (χ1) is 5.00. The van der Waals surface area contributed by atoms with E-state index in [1.165, 1.54) is 19.4 Å². The van der Waals surface area contributed by atoms with Gasteiger partial charge in [0, 0.05) is 12.3 Å². The zero-order valence-electron chi connectivity index (χ0n) is 8.22. The Bertz CT molecular complexity index is 162. The maximum absolute atomic E-state index is 2.47. The molecule has 0 aromatic heterocycles. The third kappa shape index (κ3) is 2.32. The Kier molecular flexibility index (Phi) is 2.36. The predicted octanol–water partition coefficient (Wildman–Crippen LogP) is 2.30. The summed E-state index contributed by atoms with van der Waals surface area (Å²) in [6.07, 6.45) is 4.99. The molecule has 0 saturated heterocycles. The predicted molar refractivity (Wildman–Crippen MR) is 49.3 cm³/mol. The van der Waals surface area contributed by atoms with Crippen molar-refractivity contribution >= 4 is 6.21 Å². The second kappa shape index (κ2) is 2.96. The van der Waals surface area contributed by atoms with Gasteiger partial charge in [0.25, 0.3) is 0 Å². The van der Waals surface area contributed by atoms with Crippen LogP contribution in [0.25, 0.3) is 0 Å². The van der Waals surface area contributed by atoms with Crippen molar-refractivity contribution < 1.29 is 4.58 Å². The molecule has 0 aromatic carbocycles. The minimum Gasteiger partial charge on any atom is -0.235 e. The van der Waals surface area contributed by atoms with Gasteiger partial charge in [-0.2, -0.15) is 0 Å². The van der Waals surface area contributed by atoms with Crippen molar-refractivity contribution in [1.82, 2.24) is 0 Å². The lowest BCUT2D eigenvalue weighted by Crippen LogP contribution is -2.38. The molecule has 11 heavy (non-hydrogen) atoms. The van der Waals surface area contributed by atoms with Gasteiger partial charge in [-0.05, 0) is 27.2 Å². The maximum Gasteiger partial charge on any atom is 0.153 e. The zero-order valence-corrected chi connectivity index (χ0v) is 8.22. The molecular weight excluding hydrogens is 134 g/mol. The van der Waals surface area contributed by atoms with E-state index >= 15 is 0 Å². The molecule has 1 nitrogen and oxygen atoms in total. The van der Waals surface area contributed by atoms with E-state index in [1.807, 2.05) is 0 Å². The van der Waals surface area contributed by atoms with Crippen LogP contribution in [0.5, 0.6) is 0 Å². The number of hydrogen-bond acceptors (Lipinski definition) is 0. The average molecular weight is 154 g/mol. The monoisotopic (exact) mass is 154 g/mol. The van der Waals surface area contributed by atoms with Crippen LogP contribution in [0.3, 0.4) is 0 Å². The Morgan fingerprint density at radius 3 is 2.36 bits per heavy atom. The van der Waals surface area contributed by atoms with Crippen molar-refractivity contribution in [2.75, 3.05) is 6.54 Å². The van der Waals surface area contributed by atoms with E-state index in [0.29, 0.717) is 5.54 Å². The topological polar surface area (TPSA) is 3.01 Å². The Hall–Kier alpha value is -0.330. The molecule has 0 bridgehead atoms. The minimum absolute atomic E-state index is 0.328. The third-order valence-corrected chi connectivity index (χ3v) is 2.38. The van der Waals surface area contributed by atoms with E-state index in [2.05, 4.69) is 38.5 Å². The molecule has 1 unspecified atom stereocenters. The normalized spacial score (nSPS) is 26.5. The van der Waals surface area contributed by atoms with Gasteiger partial charge in [0.05, 0.1) is 0 Å². The van der Waals surface area contributed by atoms with Gasteiger partial charge in [-0.3, -0.25) is 0 Å². The first-order valence-corrected chi connectivity index (χ1v) is 4.60. The van der Waals surface area contributed by atoms with Gasteiger partial charge in [-0.15, -0.1) is 0 Å². The van der Waals surface area contributed by atoms with Crippen LogP contribution in [0.4, 0.5) is 0 Å². The first kappa shape index (κ1) is 8.76.